The van der Waals surface area contributed by atoms with E-state index in [0.717, 1.165) is 6.07 Å². The monoisotopic (exact) mass is 274 g/mol. The number of carbonyl (C=O) groups excluding carboxylic acids is 2. The minimum atomic E-state index is -1.14. The first-order valence-corrected chi connectivity index (χ1v) is 5.21. The second kappa shape index (κ2) is 6.31. The fraction of sp³-hybridized carbons (Fsp3) is 0.200. The number of methoxy groups -OCH3 is 1. The molecule has 0 radical (unpaired) electrons. The molecule has 3 N–H and O–H groups in total. The second-order valence-electron chi connectivity index (χ2n) is 3.26. The smallest absolute Gasteiger partial charge is 0.325 e. The molecule has 1 aromatic carbocycles. The Bertz CT molecular complexity index is 464. The third kappa shape index (κ3) is 3.67. The largest absolute Gasteiger partial charge is 0.595 e. The summed E-state index contributed by atoms with van der Waals surface area (Å²) in [6.07, 6.45) is 0. The second-order valence-corrected chi connectivity index (χ2v) is 3.67. The molecule has 8 heteroatoms. The molecule has 1 atom stereocenters. The summed E-state index contributed by atoms with van der Waals surface area (Å²) in [5.41, 5.74) is 0.0649. The first kappa shape index (κ1) is 14.4. The van der Waals surface area contributed by atoms with E-state index in [1.807, 2.05) is 0 Å². The number of nitrogens with one attached hydrogen (secondary N) is 2. The van der Waals surface area contributed by atoms with Gasteiger partial charge in [0, 0.05) is 12.1 Å². The average Bonchev–Trinajstić information content (AvgIpc) is 2.35. The molecule has 0 bridgehead atoms. The maximum Gasteiger partial charge on any atom is 0.325 e. The zero-order valence-corrected chi connectivity index (χ0v) is 10.2. The number of hydrogen-bond acceptors (Lipinski definition) is 5. The van der Waals surface area contributed by atoms with E-state index in [9.17, 15) is 14.8 Å². The summed E-state index contributed by atoms with van der Waals surface area (Å²) in [4.78, 5) is 22.4. The third-order valence-electron chi connectivity index (χ3n) is 2.08. The van der Waals surface area contributed by atoms with Gasteiger partial charge in [-0.2, -0.15) is 5.23 Å². The van der Waals surface area contributed by atoms with Crippen LogP contribution in [0.4, 0.5) is 5.69 Å². The fourth-order valence-electron chi connectivity index (χ4n) is 1.15. The van der Waals surface area contributed by atoms with E-state index >= 15 is 0 Å². The lowest BCUT2D eigenvalue weighted by Crippen LogP contribution is -2.99. The Morgan fingerprint density at radius 3 is 2.72 bits per heavy atom. The molecule has 0 saturated heterocycles. The molecule has 1 rings (SSSR count). The van der Waals surface area contributed by atoms with Gasteiger partial charge in [-0.3, -0.25) is 9.59 Å². The summed E-state index contributed by atoms with van der Waals surface area (Å²) in [5.74, 6) is -1.18. The zero-order valence-electron chi connectivity index (χ0n) is 9.40. The summed E-state index contributed by atoms with van der Waals surface area (Å²) < 4.78 is 4.35. The van der Waals surface area contributed by atoms with Crippen molar-refractivity contribution in [1.29, 1.82) is 0 Å². The number of esters is 1. The number of halogens is 1. The minimum absolute atomic E-state index is 0.00253. The lowest BCUT2D eigenvalue weighted by atomic mass is 10.2. The Labute approximate surface area is 107 Å². The molecule has 0 aliphatic rings. The van der Waals surface area contributed by atoms with Crippen LogP contribution in [0.3, 0.4) is 0 Å². The van der Waals surface area contributed by atoms with Crippen LogP contribution in [-0.2, 0) is 9.53 Å². The highest BCUT2D eigenvalue weighted by Crippen LogP contribution is 2.18. The summed E-state index contributed by atoms with van der Waals surface area (Å²) in [6.45, 7) is -0.285. The lowest BCUT2D eigenvalue weighted by molar-refractivity contribution is -0.991. The molecule has 0 aromatic heterocycles. The van der Waals surface area contributed by atoms with Crippen LogP contribution in [0, 0.1) is 5.21 Å². The summed E-state index contributed by atoms with van der Waals surface area (Å²) in [6, 6.07) is 3.69. The summed E-state index contributed by atoms with van der Waals surface area (Å²) in [7, 11) is 1.20. The van der Waals surface area contributed by atoms with E-state index in [1.54, 1.807) is 0 Å². The van der Waals surface area contributed by atoms with E-state index < -0.39 is 17.1 Å². The molecule has 1 aromatic rings. The SMILES string of the molecule is COC(=O)CNC(=O)c1ccc([NH+]([O-])O)cc1Cl. The molecule has 0 spiro atoms. The third-order valence-corrected chi connectivity index (χ3v) is 2.39. The van der Waals surface area contributed by atoms with Crippen molar-refractivity contribution in [2.75, 3.05) is 13.7 Å². The van der Waals surface area contributed by atoms with Gasteiger partial charge in [0.2, 0.25) is 0 Å². The van der Waals surface area contributed by atoms with Crippen LogP contribution >= 0.6 is 11.6 Å². The number of ether oxygens (including phenoxy) is 1. The van der Waals surface area contributed by atoms with Gasteiger partial charge in [-0.25, -0.2) is 5.21 Å². The predicted octanol–water partition coefficient (Wildman–Crippen LogP) is -0.354. The molecule has 0 heterocycles. The van der Waals surface area contributed by atoms with Crippen molar-refractivity contribution < 1.29 is 24.8 Å². The molecule has 1 amide bonds. The Hall–Kier alpha value is -1.67. The molecule has 0 saturated carbocycles. The number of benzene rings is 1. The topological polar surface area (TPSA) is 103 Å². The van der Waals surface area contributed by atoms with Gasteiger partial charge in [-0.1, -0.05) is 11.6 Å². The zero-order chi connectivity index (χ0) is 13.7. The van der Waals surface area contributed by atoms with Gasteiger partial charge in [-0.05, 0) is 6.07 Å². The van der Waals surface area contributed by atoms with Crippen molar-refractivity contribution in [1.82, 2.24) is 5.32 Å². The molecule has 98 valence electrons. The number of quaternary nitrogens is 1. The molecule has 18 heavy (non-hydrogen) atoms. The van der Waals surface area contributed by atoms with E-state index in [2.05, 4.69) is 10.1 Å². The highest BCUT2D eigenvalue weighted by molar-refractivity contribution is 6.34. The van der Waals surface area contributed by atoms with Crippen LogP contribution in [0.5, 0.6) is 0 Å². The van der Waals surface area contributed by atoms with Crippen LogP contribution in [0.2, 0.25) is 5.02 Å². The Kier molecular flexibility index (Phi) is 5.05. The van der Waals surface area contributed by atoms with Crippen molar-refractivity contribution in [2.24, 2.45) is 0 Å². The van der Waals surface area contributed by atoms with Crippen molar-refractivity contribution in [3.8, 4) is 0 Å². The molecule has 0 aliphatic heterocycles. The van der Waals surface area contributed by atoms with E-state index in [-0.39, 0.29) is 22.8 Å². The average molecular weight is 275 g/mol. The maximum atomic E-state index is 11.6. The molecule has 1 unspecified atom stereocenters. The number of rotatable bonds is 4. The van der Waals surface area contributed by atoms with Crippen LogP contribution < -0.4 is 10.5 Å². The molecular weight excluding hydrogens is 264 g/mol. The highest BCUT2D eigenvalue weighted by Gasteiger charge is 2.13. The molecule has 0 fully saturated rings. The van der Waals surface area contributed by atoms with Gasteiger partial charge in [0.05, 0.1) is 17.7 Å². The van der Waals surface area contributed by atoms with Crippen molar-refractivity contribution in [3.05, 3.63) is 34.0 Å². The summed E-state index contributed by atoms with van der Waals surface area (Å²) >= 11 is 5.78. The highest BCUT2D eigenvalue weighted by atomic mass is 35.5. The van der Waals surface area contributed by atoms with Crippen LogP contribution in [-0.4, -0.2) is 30.7 Å². The van der Waals surface area contributed by atoms with Gasteiger partial charge in [-0.15, -0.1) is 0 Å². The standard InChI is InChI=1S/C10H11ClN2O5/c1-18-9(14)5-12-10(15)7-3-2-6(13(16)17)4-8(7)11/h2-4,13,16H,5H2,1H3,(H,12,15). The number of amides is 1. The Morgan fingerprint density at radius 1 is 1.56 bits per heavy atom. The van der Waals surface area contributed by atoms with Gasteiger partial charge < -0.3 is 15.3 Å². The number of carbonyl (C=O) groups is 2. The number of hydrogen-bond donors (Lipinski definition) is 3. The van der Waals surface area contributed by atoms with E-state index in [4.69, 9.17) is 16.8 Å². The van der Waals surface area contributed by atoms with Gasteiger partial charge in [0.1, 0.15) is 6.54 Å². The van der Waals surface area contributed by atoms with Gasteiger partial charge in [0.15, 0.2) is 5.69 Å². The normalized spacial score (nSPS) is 11.8. The van der Waals surface area contributed by atoms with Crippen molar-refractivity contribution in [2.45, 2.75) is 0 Å². The lowest BCUT2D eigenvalue weighted by Gasteiger charge is -2.12. The van der Waals surface area contributed by atoms with Gasteiger partial charge in [0.25, 0.3) is 5.91 Å². The van der Waals surface area contributed by atoms with E-state index in [0.29, 0.717) is 0 Å². The van der Waals surface area contributed by atoms with Gasteiger partial charge >= 0.3 is 5.97 Å². The fourth-order valence-corrected chi connectivity index (χ4v) is 1.42. The van der Waals surface area contributed by atoms with E-state index in [1.165, 1.54) is 19.2 Å². The Morgan fingerprint density at radius 2 is 2.22 bits per heavy atom. The minimum Gasteiger partial charge on any atom is -0.595 e. The quantitative estimate of drug-likeness (QED) is 0.514. The first-order valence-electron chi connectivity index (χ1n) is 4.83. The summed E-state index contributed by atoms with van der Waals surface area (Å²) in [5, 5.41) is 20.5. The van der Waals surface area contributed by atoms with Crippen LogP contribution in [0.25, 0.3) is 0 Å². The molecule has 7 nitrogen and oxygen atoms in total. The van der Waals surface area contributed by atoms with Crippen LogP contribution in [0.1, 0.15) is 10.4 Å². The van der Waals surface area contributed by atoms with Crippen molar-refractivity contribution >= 4 is 29.2 Å². The molecular formula is C10H11ClN2O5. The van der Waals surface area contributed by atoms with Crippen molar-refractivity contribution in [3.63, 3.8) is 0 Å². The predicted molar refractivity (Wildman–Crippen MR) is 61.6 cm³/mol. The maximum absolute atomic E-state index is 11.6. The first-order chi connectivity index (χ1) is 8.45. The molecule has 0 aliphatic carbocycles. The van der Waals surface area contributed by atoms with Crippen LogP contribution in [0.15, 0.2) is 18.2 Å². The Balaban J connectivity index is 2.77.